The van der Waals surface area contributed by atoms with Crippen LogP contribution >= 0.6 is 11.3 Å². The average Bonchev–Trinajstić information content (AvgIpc) is 0.760. The van der Waals surface area contributed by atoms with Crippen LogP contribution in [0.25, 0.3) is 21.3 Å². The number of aliphatic hydroxyl groups is 3. The van der Waals surface area contributed by atoms with E-state index >= 15 is 0 Å². The number of anilines is 3. The summed E-state index contributed by atoms with van der Waals surface area (Å²) in [5.41, 5.74) is 4.56. The van der Waals surface area contributed by atoms with Crippen LogP contribution in [0.4, 0.5) is 21.4 Å². The molecule has 7 atom stereocenters. The first kappa shape index (κ1) is 68.7. The van der Waals surface area contributed by atoms with Crippen molar-refractivity contribution in [2.24, 2.45) is 16.2 Å². The van der Waals surface area contributed by atoms with Gasteiger partial charge in [-0.1, -0.05) is 61.9 Å². The third-order valence-electron chi connectivity index (χ3n) is 19.7. The van der Waals surface area contributed by atoms with E-state index in [0.29, 0.717) is 78.5 Å². The minimum absolute atomic E-state index is 0.0261. The number of aliphatic hydroxyl groups excluding tert-OH is 3. The molecular formula is C70H80N10O17S. The van der Waals surface area contributed by atoms with Crippen LogP contribution in [0.15, 0.2) is 91.1 Å². The van der Waals surface area contributed by atoms with Crippen LogP contribution in [0.3, 0.4) is 0 Å². The van der Waals surface area contributed by atoms with Crippen LogP contribution in [0.1, 0.15) is 128 Å². The van der Waals surface area contributed by atoms with Gasteiger partial charge in [-0.15, -0.1) is 0 Å². The van der Waals surface area contributed by atoms with Gasteiger partial charge in [0.2, 0.25) is 18.1 Å². The van der Waals surface area contributed by atoms with Crippen molar-refractivity contribution in [2.75, 3.05) is 55.4 Å². The molecule has 6 aromatic rings. The highest BCUT2D eigenvalue weighted by Gasteiger charge is 2.66. The number of ether oxygens (including phenoxy) is 4. The van der Waals surface area contributed by atoms with Crippen LogP contribution in [-0.4, -0.2) is 179 Å². The maximum absolute atomic E-state index is 13.8. The van der Waals surface area contributed by atoms with E-state index in [1.54, 1.807) is 25.4 Å². The zero-order valence-corrected chi connectivity index (χ0v) is 55.7. The molecule has 13 rings (SSSR count). The van der Waals surface area contributed by atoms with Crippen molar-refractivity contribution < 1.29 is 82.8 Å². The Labute approximate surface area is 568 Å². The van der Waals surface area contributed by atoms with Gasteiger partial charge in [-0.25, -0.2) is 24.4 Å². The van der Waals surface area contributed by atoms with E-state index in [2.05, 4.69) is 34.8 Å². The summed E-state index contributed by atoms with van der Waals surface area (Å²) in [6, 6.07) is 21.3. The monoisotopic (exact) mass is 1360 g/mol. The van der Waals surface area contributed by atoms with Gasteiger partial charge < -0.3 is 64.9 Å². The molecule has 5 fully saturated rings. The number of para-hydroxylation sites is 1. The molecule has 1 saturated heterocycles. The summed E-state index contributed by atoms with van der Waals surface area (Å²) >= 11 is 1.40. The maximum Gasteiger partial charge on any atom is 0.409 e. The molecule has 8 N–H and O–H groups in total. The van der Waals surface area contributed by atoms with Crippen LogP contribution in [0.2, 0.25) is 0 Å². The van der Waals surface area contributed by atoms with Gasteiger partial charge in [-0.2, -0.15) is 5.10 Å². The van der Waals surface area contributed by atoms with Crippen LogP contribution in [0, 0.1) is 23.2 Å². The van der Waals surface area contributed by atoms with Gasteiger partial charge in [-0.05, 0) is 140 Å². The average molecular weight is 1370 g/mol. The summed E-state index contributed by atoms with van der Waals surface area (Å²) in [4.78, 5) is 116. The number of hydrogen-bond donors (Lipinski definition) is 8. The van der Waals surface area contributed by atoms with E-state index in [1.807, 2.05) is 59.0 Å². The van der Waals surface area contributed by atoms with E-state index in [4.69, 9.17) is 29.0 Å². The molecule has 2 unspecified atom stereocenters. The number of rotatable bonds is 26. The van der Waals surface area contributed by atoms with Gasteiger partial charge in [0.05, 0.1) is 34.3 Å². The van der Waals surface area contributed by atoms with Crippen LogP contribution < -0.4 is 25.6 Å². The molecule has 28 heteroatoms. The number of aromatic carboxylic acids is 1. The second-order valence-electron chi connectivity index (χ2n) is 27.7. The zero-order valence-electron chi connectivity index (χ0n) is 54.9. The third-order valence-corrected chi connectivity index (χ3v) is 20.7. The Bertz CT molecular complexity index is 4080. The summed E-state index contributed by atoms with van der Waals surface area (Å²) in [7, 11) is 1.59. The number of pyridine rings is 1. The number of likely N-dealkylation sites (N-methyl/N-ethyl adjacent to an activating group) is 1. The summed E-state index contributed by atoms with van der Waals surface area (Å²) < 4.78 is 26.9. The van der Waals surface area contributed by atoms with Crippen molar-refractivity contribution in [2.45, 2.75) is 154 Å². The summed E-state index contributed by atoms with van der Waals surface area (Å²) in [6.45, 7) is 8.40. The number of aromatic nitrogens is 4. The number of benzene rings is 3. The number of thiazole rings is 1. The van der Waals surface area contributed by atoms with Gasteiger partial charge in [0.15, 0.2) is 16.9 Å². The number of carboxylic acids is 2. The molecule has 98 heavy (non-hydrogen) atoms. The normalized spacial score (nSPS) is 25.3. The van der Waals surface area contributed by atoms with Crippen LogP contribution in [-0.2, 0) is 64.3 Å². The number of fused-ring (bicyclic) bond motifs is 2. The summed E-state index contributed by atoms with van der Waals surface area (Å²) in [6.07, 6.45) is 1.27. The van der Waals surface area contributed by atoms with Crippen molar-refractivity contribution in [1.29, 1.82) is 0 Å². The number of carbonyl (C=O) groups excluding carboxylic acids is 6. The highest BCUT2D eigenvalue weighted by Crippen LogP contribution is 2.72. The van der Waals surface area contributed by atoms with Crippen molar-refractivity contribution >= 4 is 85.8 Å². The van der Waals surface area contributed by atoms with Gasteiger partial charge in [0, 0.05) is 93.7 Å². The number of carbonyl (C=O) groups is 8. The Kier molecular flexibility index (Phi) is 19.6. The van der Waals surface area contributed by atoms with E-state index in [-0.39, 0.29) is 103 Å². The maximum atomic E-state index is 13.8. The molecule has 7 aliphatic rings. The Balaban J connectivity index is 0.662. The zero-order chi connectivity index (χ0) is 69.4. The molecule has 3 aromatic carbocycles. The number of amides is 6. The van der Waals surface area contributed by atoms with E-state index in [9.17, 15) is 63.9 Å². The first-order chi connectivity index (χ1) is 46.8. The Morgan fingerprint density at radius 3 is 2.32 bits per heavy atom. The summed E-state index contributed by atoms with van der Waals surface area (Å²) in [5, 5.41) is 65.7. The minimum atomic E-state index is -1.99. The number of imide groups is 1. The van der Waals surface area contributed by atoms with Crippen molar-refractivity contribution in [1.82, 2.24) is 34.9 Å². The molecule has 6 heterocycles. The lowest BCUT2D eigenvalue weighted by atomic mass is 9.39. The molecule has 3 aromatic heterocycles. The Morgan fingerprint density at radius 2 is 1.57 bits per heavy atom. The highest BCUT2D eigenvalue weighted by atomic mass is 32.1. The number of nitrogens with zero attached hydrogens (tertiary/aromatic N) is 7. The van der Waals surface area contributed by atoms with Crippen molar-refractivity contribution in [3.63, 3.8) is 0 Å². The fourth-order valence-electron chi connectivity index (χ4n) is 16.3. The lowest BCUT2D eigenvalue weighted by Crippen LogP contribution is -2.64. The molecular weight excluding hydrogens is 1280 g/mol. The minimum Gasteiger partial charge on any atom is -0.479 e. The highest BCUT2D eigenvalue weighted by molar-refractivity contribution is 7.22. The smallest absolute Gasteiger partial charge is 0.409 e. The molecule has 4 saturated carbocycles. The van der Waals surface area contributed by atoms with Gasteiger partial charge >= 0.3 is 18.0 Å². The molecule has 27 nitrogen and oxygen atoms in total. The molecule has 6 amide bonds. The largest absolute Gasteiger partial charge is 0.479 e. The first-order valence-corrected chi connectivity index (χ1v) is 33.7. The van der Waals surface area contributed by atoms with Gasteiger partial charge in [-0.3, -0.25) is 38.9 Å². The fraction of sp³-hybridized carbons (Fsp3) is 0.471. The van der Waals surface area contributed by atoms with Gasteiger partial charge in [0.25, 0.3) is 17.7 Å². The SMILES string of the molecule is Cc1c(-c2ccc(N3CCc4cccc(C(=O)Nc5nc6ccccc6s5)c4C3)nc2C(=O)O)cnn1CC12CC3(C)CC(C)(C1)CC(OCCN(C)C(=O)OCc1ccc(O[C@@H]4O[C@H](C(=O)O)[C@@H](O)[C@H](O)[C@@H]4O)c(NC(=O)CCNC(=O)CCCCCN4C(=O)C=CC4=O)c1)(C3)C2. The van der Waals surface area contributed by atoms with E-state index in [1.165, 1.54) is 46.6 Å². The standard InChI is InChI=1S/C70H80N10O17S/c1-40-45(43-17-19-51(75-56(43)62(89)90)78-26-23-42-11-10-12-44(46(42)31-78)61(88)76-65-74-47-13-7-8-14-50(47)98-65)30-72-80(40)39-69-34-67(2)33-68(3,35-69)37-70(36-67,38-69)95-28-27-77(4)66(93)94-32-41-16-18-49(96-64-59(87)57(85)58(86)60(97-64)63(91)92)48(29-41)73-53(82)22-24-71-52(81)15-6-5-9-25-79-54(83)20-21-55(79)84/h7-8,10-14,16-21,29-30,57-60,64,85-87H,5-6,9,15,22-28,31-39H2,1-4H3,(H,71,81)(H,73,82)(H,89,90)(H,91,92)(H,74,76,88)/t57-,58-,59-,60-,64+,67?,68?,69?,70?/m0/s1. The van der Waals surface area contributed by atoms with E-state index in [0.717, 1.165) is 70.5 Å². The molecule has 4 bridgehead atoms. The quantitative estimate of drug-likeness (QED) is 0.0200. The van der Waals surface area contributed by atoms with Crippen molar-refractivity contribution in [3.8, 4) is 16.9 Å². The number of nitrogens with one attached hydrogen (secondary N) is 3. The Morgan fingerprint density at radius 1 is 0.806 bits per heavy atom. The number of aliphatic carboxylic acids is 1. The van der Waals surface area contributed by atoms with E-state index < -0.39 is 60.2 Å². The molecule has 518 valence electrons. The second kappa shape index (κ2) is 28.0. The predicted molar refractivity (Wildman–Crippen MR) is 356 cm³/mol. The summed E-state index contributed by atoms with van der Waals surface area (Å²) in [5.74, 6) is -4.42. The second-order valence-corrected chi connectivity index (χ2v) is 28.8. The molecule has 0 radical (unpaired) electrons. The number of carboxylic acid groups (broad SMARTS) is 2. The lowest BCUT2D eigenvalue weighted by Gasteiger charge is -2.69. The van der Waals surface area contributed by atoms with Gasteiger partial charge in [0.1, 0.15) is 36.5 Å². The predicted octanol–water partition coefficient (Wildman–Crippen LogP) is 6.98. The number of hydrogen-bond acceptors (Lipinski definition) is 20. The number of unbranched alkanes of at least 4 members (excludes halogenated alkanes) is 2. The third kappa shape index (κ3) is 14.8. The fourth-order valence-corrected chi connectivity index (χ4v) is 17.2. The molecule has 4 aliphatic carbocycles. The Hall–Kier alpha value is -9.19. The molecule has 3 aliphatic heterocycles. The lowest BCUT2D eigenvalue weighted by molar-refractivity contribution is -0.271. The molecule has 0 spiro atoms. The van der Waals surface area contributed by atoms with Crippen LogP contribution in [0.5, 0.6) is 5.75 Å². The topological polar surface area (TPSA) is 364 Å². The van der Waals surface area contributed by atoms with Crippen molar-refractivity contribution in [3.05, 3.63) is 125 Å². The first-order valence-electron chi connectivity index (χ1n) is 32.9.